The van der Waals surface area contributed by atoms with Gasteiger partial charge in [0.15, 0.2) is 5.76 Å². The van der Waals surface area contributed by atoms with Gasteiger partial charge in [-0.3, -0.25) is 0 Å². The highest BCUT2D eigenvalue weighted by Crippen LogP contribution is 2.25. The number of hydrogen-bond donors (Lipinski definition) is 2. The van der Waals surface area contributed by atoms with Crippen molar-refractivity contribution in [3.05, 3.63) is 42.2 Å². The molecular formula is C16H21N3O2. The van der Waals surface area contributed by atoms with Gasteiger partial charge in [-0.2, -0.15) is 0 Å². The molecule has 5 nitrogen and oxygen atoms in total. The zero-order chi connectivity index (χ0) is 15.5. The molecule has 0 aliphatic heterocycles. The molecule has 0 atom stereocenters. The van der Waals surface area contributed by atoms with Gasteiger partial charge >= 0.3 is 6.03 Å². The summed E-state index contributed by atoms with van der Waals surface area (Å²) in [7, 11) is 0. The Labute approximate surface area is 124 Å². The van der Waals surface area contributed by atoms with Crippen LogP contribution >= 0.6 is 0 Å². The first-order valence-electron chi connectivity index (χ1n) is 7.00. The third kappa shape index (κ3) is 3.84. The van der Waals surface area contributed by atoms with E-state index < -0.39 is 5.54 Å². The van der Waals surface area contributed by atoms with Crippen LogP contribution < -0.4 is 10.6 Å². The predicted octanol–water partition coefficient (Wildman–Crippen LogP) is 3.28. The van der Waals surface area contributed by atoms with Crippen LogP contribution in [0.5, 0.6) is 0 Å². The van der Waals surface area contributed by atoms with Crippen LogP contribution in [0, 0.1) is 0 Å². The molecule has 0 saturated carbocycles. The lowest BCUT2D eigenvalue weighted by molar-refractivity contribution is 0.218. The largest absolute Gasteiger partial charge is 0.358 e. The molecule has 0 saturated heterocycles. The summed E-state index contributed by atoms with van der Waals surface area (Å²) >= 11 is 0. The van der Waals surface area contributed by atoms with Crippen molar-refractivity contribution in [1.29, 1.82) is 0 Å². The van der Waals surface area contributed by atoms with E-state index in [1.807, 2.05) is 64.1 Å². The SMILES string of the molecule is CC(C)NC(=O)NC(C)(C)c1cc(-c2ccccc2)no1. The van der Waals surface area contributed by atoms with Crippen molar-refractivity contribution in [3.8, 4) is 11.3 Å². The number of nitrogens with one attached hydrogen (secondary N) is 2. The van der Waals surface area contributed by atoms with Gasteiger partial charge < -0.3 is 15.2 Å². The standard InChI is InChI=1S/C16H21N3O2/c1-11(2)17-15(20)18-16(3,4)14-10-13(19-21-14)12-8-6-5-7-9-12/h5-11H,1-4H3,(H2,17,18,20). The Kier molecular flexibility index (Phi) is 4.31. The van der Waals surface area contributed by atoms with Gasteiger partial charge in [0.1, 0.15) is 5.69 Å². The van der Waals surface area contributed by atoms with Gasteiger partial charge in [-0.15, -0.1) is 0 Å². The maximum Gasteiger partial charge on any atom is 0.315 e. The number of carbonyl (C=O) groups excluding carboxylic acids is 1. The molecule has 2 aromatic rings. The van der Waals surface area contributed by atoms with Gasteiger partial charge in [0.2, 0.25) is 0 Å². The Morgan fingerprint density at radius 3 is 2.52 bits per heavy atom. The molecule has 1 aromatic heterocycles. The van der Waals surface area contributed by atoms with Gasteiger partial charge in [-0.05, 0) is 27.7 Å². The summed E-state index contributed by atoms with van der Waals surface area (Å²) < 4.78 is 5.40. The fraction of sp³-hybridized carbons (Fsp3) is 0.375. The van der Waals surface area contributed by atoms with E-state index in [1.165, 1.54) is 0 Å². The molecule has 2 N–H and O–H groups in total. The van der Waals surface area contributed by atoms with Gasteiger partial charge in [0.25, 0.3) is 0 Å². The average molecular weight is 287 g/mol. The maximum atomic E-state index is 11.8. The van der Waals surface area contributed by atoms with Crippen LogP contribution in [0.15, 0.2) is 40.9 Å². The average Bonchev–Trinajstić information content (AvgIpc) is 2.88. The van der Waals surface area contributed by atoms with Crippen molar-refractivity contribution < 1.29 is 9.32 Å². The molecule has 0 aliphatic carbocycles. The highest BCUT2D eigenvalue weighted by atomic mass is 16.5. The van der Waals surface area contributed by atoms with E-state index in [0.717, 1.165) is 11.3 Å². The summed E-state index contributed by atoms with van der Waals surface area (Å²) in [6, 6.07) is 11.5. The summed E-state index contributed by atoms with van der Waals surface area (Å²) in [5, 5.41) is 9.75. The topological polar surface area (TPSA) is 67.2 Å². The van der Waals surface area contributed by atoms with Crippen molar-refractivity contribution >= 4 is 6.03 Å². The van der Waals surface area contributed by atoms with E-state index in [4.69, 9.17) is 4.52 Å². The van der Waals surface area contributed by atoms with Crippen LogP contribution in [0.1, 0.15) is 33.5 Å². The molecule has 112 valence electrons. The molecule has 0 unspecified atom stereocenters. The van der Waals surface area contributed by atoms with Crippen LogP contribution in [-0.4, -0.2) is 17.2 Å². The highest BCUT2D eigenvalue weighted by Gasteiger charge is 2.28. The van der Waals surface area contributed by atoms with Crippen LogP contribution in [-0.2, 0) is 5.54 Å². The smallest absolute Gasteiger partial charge is 0.315 e. The molecule has 0 fully saturated rings. The molecule has 21 heavy (non-hydrogen) atoms. The van der Waals surface area contributed by atoms with Crippen LogP contribution in [0.2, 0.25) is 0 Å². The van der Waals surface area contributed by atoms with Crippen LogP contribution in [0.3, 0.4) is 0 Å². The maximum absolute atomic E-state index is 11.8. The first-order valence-corrected chi connectivity index (χ1v) is 7.00. The van der Waals surface area contributed by atoms with Crippen LogP contribution in [0.4, 0.5) is 4.79 Å². The Hall–Kier alpha value is -2.30. The fourth-order valence-corrected chi connectivity index (χ4v) is 1.96. The Morgan fingerprint density at radius 2 is 1.90 bits per heavy atom. The number of benzene rings is 1. The summed E-state index contributed by atoms with van der Waals surface area (Å²) in [4.78, 5) is 11.8. The third-order valence-electron chi connectivity index (χ3n) is 3.04. The summed E-state index contributed by atoms with van der Waals surface area (Å²) in [6.45, 7) is 7.58. The molecular weight excluding hydrogens is 266 g/mol. The van der Waals surface area contributed by atoms with Gasteiger partial charge in [-0.25, -0.2) is 4.79 Å². The molecule has 2 rings (SSSR count). The van der Waals surface area contributed by atoms with Gasteiger partial charge in [0.05, 0.1) is 5.54 Å². The number of amides is 2. The zero-order valence-corrected chi connectivity index (χ0v) is 12.8. The first kappa shape index (κ1) is 15.1. The van der Waals surface area contributed by atoms with Crippen molar-refractivity contribution in [2.45, 2.75) is 39.3 Å². The minimum absolute atomic E-state index is 0.0791. The van der Waals surface area contributed by atoms with Crippen LogP contribution in [0.25, 0.3) is 11.3 Å². The van der Waals surface area contributed by atoms with E-state index in [-0.39, 0.29) is 12.1 Å². The second kappa shape index (κ2) is 5.99. The molecule has 0 aliphatic rings. The van der Waals surface area contributed by atoms with Gasteiger partial charge in [0, 0.05) is 17.7 Å². The second-order valence-corrected chi connectivity index (χ2v) is 5.82. The zero-order valence-electron chi connectivity index (χ0n) is 12.8. The molecule has 5 heteroatoms. The van der Waals surface area contributed by atoms with Gasteiger partial charge in [-0.1, -0.05) is 35.5 Å². The van der Waals surface area contributed by atoms with Crippen molar-refractivity contribution in [1.82, 2.24) is 15.8 Å². The lowest BCUT2D eigenvalue weighted by Gasteiger charge is -2.24. The lowest BCUT2D eigenvalue weighted by atomic mass is 10.0. The van der Waals surface area contributed by atoms with E-state index in [9.17, 15) is 4.79 Å². The van der Waals surface area contributed by atoms with Crippen molar-refractivity contribution in [2.24, 2.45) is 0 Å². The molecule has 1 heterocycles. The second-order valence-electron chi connectivity index (χ2n) is 5.82. The molecule has 1 aromatic carbocycles. The normalized spacial score (nSPS) is 11.5. The van der Waals surface area contributed by atoms with E-state index in [2.05, 4.69) is 15.8 Å². The van der Waals surface area contributed by atoms with Crippen molar-refractivity contribution in [3.63, 3.8) is 0 Å². The number of urea groups is 1. The summed E-state index contributed by atoms with van der Waals surface area (Å²) in [6.07, 6.45) is 0. The molecule has 0 spiro atoms. The third-order valence-corrected chi connectivity index (χ3v) is 3.04. The minimum Gasteiger partial charge on any atom is -0.358 e. The number of aromatic nitrogens is 1. The van der Waals surface area contributed by atoms with E-state index in [1.54, 1.807) is 0 Å². The summed E-state index contributed by atoms with van der Waals surface area (Å²) in [5.74, 6) is 0.611. The number of hydrogen-bond acceptors (Lipinski definition) is 3. The number of carbonyl (C=O) groups is 1. The molecule has 0 radical (unpaired) electrons. The summed E-state index contributed by atoms with van der Waals surface area (Å²) in [5.41, 5.74) is 1.10. The Balaban J connectivity index is 2.14. The predicted molar refractivity (Wildman–Crippen MR) is 81.8 cm³/mol. The highest BCUT2D eigenvalue weighted by molar-refractivity contribution is 5.75. The number of nitrogens with zero attached hydrogens (tertiary/aromatic N) is 1. The molecule has 2 amide bonds. The van der Waals surface area contributed by atoms with Crippen molar-refractivity contribution in [2.75, 3.05) is 0 Å². The lowest BCUT2D eigenvalue weighted by Crippen LogP contribution is -2.48. The Bertz CT molecular complexity index is 603. The fourth-order valence-electron chi connectivity index (χ4n) is 1.96. The minimum atomic E-state index is -0.640. The quantitative estimate of drug-likeness (QED) is 0.906. The Morgan fingerprint density at radius 1 is 1.24 bits per heavy atom. The monoisotopic (exact) mass is 287 g/mol. The molecule has 0 bridgehead atoms. The number of rotatable bonds is 4. The van der Waals surface area contributed by atoms with E-state index in [0.29, 0.717) is 5.76 Å². The first-order chi connectivity index (χ1) is 9.88. The van der Waals surface area contributed by atoms with E-state index >= 15 is 0 Å².